The molecule has 0 saturated carbocycles. The summed E-state index contributed by atoms with van der Waals surface area (Å²) in [5, 5.41) is 6.29. The predicted octanol–water partition coefficient (Wildman–Crippen LogP) is 1.99. The van der Waals surface area contributed by atoms with Gasteiger partial charge >= 0.3 is 0 Å². The third kappa shape index (κ3) is 2.73. The van der Waals surface area contributed by atoms with Gasteiger partial charge in [0.2, 0.25) is 5.88 Å². The molecule has 3 rings (SSSR count). The Morgan fingerprint density at radius 1 is 1.33 bits per heavy atom. The van der Waals surface area contributed by atoms with Crippen LogP contribution < -0.4 is 15.4 Å². The highest BCUT2D eigenvalue weighted by atomic mass is 16.5. The molecule has 0 fully saturated rings. The highest BCUT2D eigenvalue weighted by Gasteiger charge is 2.17. The van der Waals surface area contributed by atoms with Gasteiger partial charge in [-0.3, -0.25) is 4.79 Å². The summed E-state index contributed by atoms with van der Waals surface area (Å²) in [5.41, 5.74) is 3.71. The summed E-state index contributed by atoms with van der Waals surface area (Å²) in [6.45, 7) is 1.75. The van der Waals surface area contributed by atoms with E-state index in [0.717, 1.165) is 30.8 Å². The normalized spacial score (nSPS) is 13.4. The number of pyridine rings is 1. The van der Waals surface area contributed by atoms with E-state index >= 15 is 0 Å². The minimum atomic E-state index is -0.209. The third-order valence-corrected chi connectivity index (χ3v) is 3.60. The number of anilines is 1. The van der Waals surface area contributed by atoms with E-state index in [1.807, 2.05) is 12.1 Å². The third-order valence-electron chi connectivity index (χ3n) is 3.60. The number of hydrogen-bond donors (Lipinski definition) is 2. The maximum Gasteiger partial charge on any atom is 0.261 e. The largest absolute Gasteiger partial charge is 0.480 e. The van der Waals surface area contributed by atoms with Crippen LogP contribution in [0.3, 0.4) is 0 Å². The smallest absolute Gasteiger partial charge is 0.261 e. The Labute approximate surface area is 123 Å². The van der Waals surface area contributed by atoms with Gasteiger partial charge in [0.15, 0.2) is 0 Å². The zero-order chi connectivity index (χ0) is 14.7. The van der Waals surface area contributed by atoms with Crippen molar-refractivity contribution in [1.29, 1.82) is 0 Å². The molecule has 0 unspecified atom stereocenters. The zero-order valence-electron chi connectivity index (χ0n) is 11.8. The molecule has 0 bridgehead atoms. The minimum absolute atomic E-state index is 0.209. The molecule has 0 saturated heterocycles. The van der Waals surface area contributed by atoms with Gasteiger partial charge in [-0.25, -0.2) is 4.98 Å². The summed E-state index contributed by atoms with van der Waals surface area (Å²) in [7, 11) is 1.51. The Kier molecular flexibility index (Phi) is 3.83. The summed E-state index contributed by atoms with van der Waals surface area (Å²) in [6.07, 6.45) is 2.58. The molecule has 0 spiro atoms. The molecule has 2 N–H and O–H groups in total. The topological polar surface area (TPSA) is 63.2 Å². The molecular formula is C16H17N3O2. The van der Waals surface area contributed by atoms with Crippen molar-refractivity contribution >= 4 is 11.6 Å². The van der Waals surface area contributed by atoms with Gasteiger partial charge in [-0.05, 0) is 42.3 Å². The molecule has 108 valence electrons. The van der Waals surface area contributed by atoms with Crippen LogP contribution in [0.15, 0.2) is 36.5 Å². The van der Waals surface area contributed by atoms with Crippen LogP contribution in [0.2, 0.25) is 0 Å². The van der Waals surface area contributed by atoms with Crippen molar-refractivity contribution in [2.45, 2.75) is 13.0 Å². The van der Waals surface area contributed by atoms with Gasteiger partial charge in [-0.1, -0.05) is 12.1 Å². The summed E-state index contributed by atoms with van der Waals surface area (Å²) < 4.78 is 5.13. The maximum atomic E-state index is 12.4. The minimum Gasteiger partial charge on any atom is -0.480 e. The van der Waals surface area contributed by atoms with Crippen molar-refractivity contribution in [3.8, 4) is 5.88 Å². The second-order valence-electron chi connectivity index (χ2n) is 4.88. The first kappa shape index (κ1) is 13.6. The lowest BCUT2D eigenvalue weighted by atomic mass is 9.99. The molecule has 5 heteroatoms. The lowest BCUT2D eigenvalue weighted by Gasteiger charge is -2.20. The van der Waals surface area contributed by atoms with E-state index in [0.29, 0.717) is 11.4 Å². The van der Waals surface area contributed by atoms with Crippen molar-refractivity contribution < 1.29 is 9.53 Å². The second kappa shape index (κ2) is 5.93. The van der Waals surface area contributed by atoms with Gasteiger partial charge in [0.25, 0.3) is 5.91 Å². The monoisotopic (exact) mass is 283 g/mol. The summed E-state index contributed by atoms with van der Waals surface area (Å²) >= 11 is 0. The molecule has 0 atom stereocenters. The van der Waals surface area contributed by atoms with E-state index in [9.17, 15) is 4.79 Å². The lowest BCUT2D eigenvalue weighted by molar-refractivity contribution is 0.102. The van der Waals surface area contributed by atoms with E-state index in [4.69, 9.17) is 4.74 Å². The van der Waals surface area contributed by atoms with Crippen LogP contribution in [0.25, 0.3) is 0 Å². The second-order valence-corrected chi connectivity index (χ2v) is 4.88. The molecule has 2 aromatic rings. The van der Waals surface area contributed by atoms with Gasteiger partial charge in [-0.2, -0.15) is 0 Å². The molecule has 21 heavy (non-hydrogen) atoms. The van der Waals surface area contributed by atoms with Crippen molar-refractivity contribution in [1.82, 2.24) is 10.3 Å². The SMILES string of the molecule is COc1ncccc1C(=O)Nc1cccc2c1CNCC2. The summed E-state index contributed by atoms with van der Waals surface area (Å²) in [4.78, 5) is 16.5. The molecule has 1 aromatic carbocycles. The van der Waals surface area contributed by atoms with Gasteiger partial charge in [0.05, 0.1) is 7.11 Å². The number of fused-ring (bicyclic) bond motifs is 1. The van der Waals surface area contributed by atoms with Gasteiger partial charge in [-0.15, -0.1) is 0 Å². The molecule has 0 radical (unpaired) electrons. The Balaban J connectivity index is 1.88. The van der Waals surface area contributed by atoms with E-state index in [1.54, 1.807) is 18.3 Å². The van der Waals surface area contributed by atoms with Crippen molar-refractivity contribution in [2.75, 3.05) is 19.0 Å². The number of amides is 1. The zero-order valence-corrected chi connectivity index (χ0v) is 11.8. The van der Waals surface area contributed by atoms with Crippen molar-refractivity contribution in [2.24, 2.45) is 0 Å². The first-order chi connectivity index (χ1) is 10.3. The standard InChI is InChI=1S/C16H17N3O2/c1-21-16-12(5-3-8-18-16)15(20)19-14-6-2-4-11-7-9-17-10-13(11)14/h2-6,8,17H,7,9-10H2,1H3,(H,19,20). The fourth-order valence-electron chi connectivity index (χ4n) is 2.55. The van der Waals surface area contributed by atoms with Crippen LogP contribution in [0.1, 0.15) is 21.5 Å². The van der Waals surface area contributed by atoms with Crippen molar-refractivity contribution in [3.63, 3.8) is 0 Å². The number of benzene rings is 1. The van der Waals surface area contributed by atoms with Crippen LogP contribution in [-0.4, -0.2) is 24.5 Å². The molecule has 1 aromatic heterocycles. The quantitative estimate of drug-likeness (QED) is 0.904. The average Bonchev–Trinajstić information content (AvgIpc) is 2.55. The number of aromatic nitrogens is 1. The maximum absolute atomic E-state index is 12.4. The van der Waals surface area contributed by atoms with Crippen LogP contribution in [0.5, 0.6) is 5.88 Å². The van der Waals surface area contributed by atoms with E-state index in [2.05, 4.69) is 21.7 Å². The molecule has 5 nitrogen and oxygen atoms in total. The highest BCUT2D eigenvalue weighted by Crippen LogP contribution is 2.24. The molecule has 2 heterocycles. The lowest BCUT2D eigenvalue weighted by Crippen LogP contribution is -2.25. The molecule has 1 amide bonds. The fourth-order valence-corrected chi connectivity index (χ4v) is 2.55. The highest BCUT2D eigenvalue weighted by molar-refractivity contribution is 6.06. The van der Waals surface area contributed by atoms with Gasteiger partial charge < -0.3 is 15.4 Å². The number of rotatable bonds is 3. The number of nitrogens with zero attached hydrogens (tertiary/aromatic N) is 1. The van der Waals surface area contributed by atoms with Crippen LogP contribution in [-0.2, 0) is 13.0 Å². The van der Waals surface area contributed by atoms with Gasteiger partial charge in [0, 0.05) is 18.4 Å². The Morgan fingerprint density at radius 3 is 3.10 bits per heavy atom. The summed E-state index contributed by atoms with van der Waals surface area (Å²) in [5.74, 6) is 0.122. The number of carbonyl (C=O) groups excluding carboxylic acids is 1. The first-order valence-electron chi connectivity index (χ1n) is 6.91. The molecule has 1 aliphatic heterocycles. The number of nitrogens with one attached hydrogen (secondary N) is 2. The number of carbonyl (C=O) groups is 1. The van der Waals surface area contributed by atoms with E-state index < -0.39 is 0 Å². The van der Waals surface area contributed by atoms with Crippen LogP contribution in [0.4, 0.5) is 5.69 Å². The number of methoxy groups -OCH3 is 1. The number of ether oxygens (including phenoxy) is 1. The summed E-state index contributed by atoms with van der Waals surface area (Å²) in [6, 6.07) is 9.43. The predicted molar refractivity (Wildman–Crippen MR) is 80.6 cm³/mol. The molecule has 0 aliphatic carbocycles. The average molecular weight is 283 g/mol. The molecular weight excluding hydrogens is 266 g/mol. The van der Waals surface area contributed by atoms with Crippen LogP contribution >= 0.6 is 0 Å². The van der Waals surface area contributed by atoms with E-state index in [1.165, 1.54) is 12.7 Å². The Morgan fingerprint density at radius 2 is 2.24 bits per heavy atom. The Hall–Kier alpha value is -2.40. The molecule has 1 aliphatic rings. The van der Waals surface area contributed by atoms with E-state index in [-0.39, 0.29) is 5.91 Å². The fraction of sp³-hybridized carbons (Fsp3) is 0.250. The van der Waals surface area contributed by atoms with Crippen LogP contribution in [0, 0.1) is 0 Å². The van der Waals surface area contributed by atoms with Gasteiger partial charge in [0.1, 0.15) is 5.56 Å². The number of hydrogen-bond acceptors (Lipinski definition) is 4. The van der Waals surface area contributed by atoms with Crippen molar-refractivity contribution in [3.05, 3.63) is 53.2 Å². The first-order valence-corrected chi connectivity index (χ1v) is 6.91. The Bertz CT molecular complexity index is 670.